The summed E-state index contributed by atoms with van der Waals surface area (Å²) in [5, 5.41) is 34.8. The van der Waals surface area contributed by atoms with Crippen LogP contribution >= 0.6 is 12.6 Å². The van der Waals surface area contributed by atoms with Crippen LogP contribution in [0.15, 0.2) is 24.3 Å². The summed E-state index contributed by atoms with van der Waals surface area (Å²) < 4.78 is 0. The van der Waals surface area contributed by atoms with E-state index in [0.717, 1.165) is 0 Å². The fourth-order valence-electron chi connectivity index (χ4n) is 3.12. The highest BCUT2D eigenvalue weighted by molar-refractivity contribution is 7.80. The van der Waals surface area contributed by atoms with Crippen LogP contribution in [0, 0.1) is 0 Å². The Morgan fingerprint density at radius 1 is 0.861 bits per heavy atom. The fourth-order valence-corrected chi connectivity index (χ4v) is 3.29. The lowest BCUT2D eigenvalue weighted by Gasteiger charge is -2.25. The van der Waals surface area contributed by atoms with Gasteiger partial charge in [0.2, 0.25) is 17.7 Å². The molecule has 200 valence electrons. The predicted octanol–water partition coefficient (Wildman–Crippen LogP) is -1.67. The number of nitrogens with one attached hydrogen (secondary N) is 3. The molecule has 0 aromatic heterocycles. The summed E-state index contributed by atoms with van der Waals surface area (Å²) in [5.74, 6) is -5.24. The monoisotopic (exact) mass is 527 g/mol. The maximum atomic E-state index is 13.2. The molecule has 0 aliphatic rings. The van der Waals surface area contributed by atoms with Gasteiger partial charge in [-0.05, 0) is 43.5 Å². The van der Waals surface area contributed by atoms with E-state index in [9.17, 15) is 34.2 Å². The number of phenolic OH excluding ortho intramolecular Hbond substituents is 1. The highest BCUT2D eigenvalue weighted by Crippen LogP contribution is 2.12. The summed E-state index contributed by atoms with van der Waals surface area (Å²) >= 11 is 3.97. The van der Waals surface area contributed by atoms with Crippen molar-refractivity contribution < 1.29 is 39.3 Å². The first kappa shape index (κ1) is 30.7. The quantitative estimate of drug-likeness (QED) is 0.0876. The molecule has 14 heteroatoms. The summed E-state index contributed by atoms with van der Waals surface area (Å²) in [4.78, 5) is 60.6. The van der Waals surface area contributed by atoms with Crippen molar-refractivity contribution >= 4 is 42.3 Å². The van der Waals surface area contributed by atoms with Gasteiger partial charge in [-0.2, -0.15) is 12.6 Å². The summed E-state index contributed by atoms with van der Waals surface area (Å²) in [5.41, 5.74) is 11.8. The van der Waals surface area contributed by atoms with Gasteiger partial charge < -0.3 is 42.7 Å². The molecular formula is C22H33N5O8S. The van der Waals surface area contributed by atoms with Crippen LogP contribution in [0.1, 0.15) is 31.2 Å². The predicted molar refractivity (Wildman–Crippen MR) is 132 cm³/mol. The van der Waals surface area contributed by atoms with Gasteiger partial charge in [-0.25, -0.2) is 4.79 Å². The second-order valence-electron chi connectivity index (χ2n) is 8.06. The molecule has 0 radical (unpaired) electrons. The number of aromatic hydroxyl groups is 1. The number of carbonyl (C=O) groups is 5. The third-order valence-electron chi connectivity index (χ3n) is 5.12. The van der Waals surface area contributed by atoms with Gasteiger partial charge in [-0.1, -0.05) is 12.1 Å². The number of rotatable bonds is 16. The molecule has 0 aliphatic heterocycles. The molecule has 36 heavy (non-hydrogen) atoms. The van der Waals surface area contributed by atoms with Crippen LogP contribution in [0.3, 0.4) is 0 Å². The fraction of sp³-hybridized carbons (Fsp3) is 0.500. The molecule has 3 amide bonds. The van der Waals surface area contributed by atoms with Crippen LogP contribution in [-0.4, -0.2) is 81.4 Å². The Morgan fingerprint density at radius 3 is 1.94 bits per heavy atom. The number of nitrogens with two attached hydrogens (primary N) is 2. The van der Waals surface area contributed by atoms with Crippen molar-refractivity contribution in [1.29, 1.82) is 0 Å². The average molecular weight is 528 g/mol. The first-order valence-corrected chi connectivity index (χ1v) is 11.8. The molecule has 10 N–H and O–H groups in total. The smallest absolute Gasteiger partial charge is 0.326 e. The van der Waals surface area contributed by atoms with Crippen molar-refractivity contribution in [2.24, 2.45) is 11.5 Å². The Bertz CT molecular complexity index is 914. The van der Waals surface area contributed by atoms with Gasteiger partial charge in [-0.3, -0.25) is 19.2 Å². The van der Waals surface area contributed by atoms with E-state index in [4.69, 9.17) is 16.6 Å². The second kappa shape index (κ2) is 15.6. The van der Waals surface area contributed by atoms with Crippen molar-refractivity contribution in [1.82, 2.24) is 16.0 Å². The van der Waals surface area contributed by atoms with Crippen molar-refractivity contribution in [3.63, 3.8) is 0 Å². The zero-order valence-corrected chi connectivity index (χ0v) is 20.4. The zero-order chi connectivity index (χ0) is 27.3. The van der Waals surface area contributed by atoms with E-state index in [0.29, 0.717) is 24.9 Å². The molecule has 0 spiro atoms. The molecule has 0 bridgehead atoms. The maximum Gasteiger partial charge on any atom is 0.326 e. The molecule has 0 saturated heterocycles. The van der Waals surface area contributed by atoms with Gasteiger partial charge in [0.1, 0.15) is 23.9 Å². The van der Waals surface area contributed by atoms with Crippen LogP contribution in [0.2, 0.25) is 0 Å². The lowest BCUT2D eigenvalue weighted by atomic mass is 10.0. The summed E-state index contributed by atoms with van der Waals surface area (Å²) in [6.07, 6.45) is 0.146. The highest BCUT2D eigenvalue weighted by Gasteiger charge is 2.31. The molecule has 0 saturated carbocycles. The van der Waals surface area contributed by atoms with Crippen molar-refractivity contribution in [3.05, 3.63) is 29.8 Å². The largest absolute Gasteiger partial charge is 0.508 e. The molecule has 1 aromatic carbocycles. The Labute approximate surface area is 213 Å². The van der Waals surface area contributed by atoms with Crippen LogP contribution < -0.4 is 27.4 Å². The Hall–Kier alpha value is -3.36. The Balaban J connectivity index is 3.11. The van der Waals surface area contributed by atoms with Crippen LogP contribution in [0.5, 0.6) is 5.75 Å². The SMILES string of the molecule is NCCCCC(NC(=O)C(Cc1ccc(O)cc1)NC(=O)C(N)CS)C(=O)NC(CC(=O)O)C(=O)O. The number of carbonyl (C=O) groups excluding carboxylic acids is 3. The lowest BCUT2D eigenvalue weighted by molar-refractivity contribution is -0.147. The standard InChI is InChI=1S/C22H33N5O8S/c23-8-2-1-3-15(20(32)27-17(22(34)35)10-18(29)30)25-21(33)16(26-19(31)14(24)11-36)9-12-4-6-13(28)7-5-12/h4-7,14-17,28,36H,1-3,8-11,23-24H2,(H,25,33)(H,26,31)(H,27,32)(H,29,30)(H,34,35). The van der Waals surface area contributed by atoms with Crippen LogP contribution in [0.4, 0.5) is 0 Å². The van der Waals surface area contributed by atoms with Gasteiger partial charge >= 0.3 is 11.9 Å². The lowest BCUT2D eigenvalue weighted by Crippen LogP contribution is -2.58. The summed E-state index contributed by atoms with van der Waals surface area (Å²) in [6, 6.07) is 0.810. The molecule has 0 aliphatic carbocycles. The normalized spacial score (nSPS) is 14.1. The minimum Gasteiger partial charge on any atom is -0.508 e. The number of aliphatic carboxylic acids is 2. The number of thiol groups is 1. The number of benzene rings is 1. The van der Waals surface area contributed by atoms with Crippen LogP contribution in [-0.2, 0) is 30.4 Å². The third-order valence-corrected chi connectivity index (χ3v) is 5.51. The van der Waals surface area contributed by atoms with E-state index in [1.165, 1.54) is 12.1 Å². The van der Waals surface area contributed by atoms with Gasteiger partial charge in [0.15, 0.2) is 0 Å². The van der Waals surface area contributed by atoms with Gasteiger partial charge in [-0.15, -0.1) is 0 Å². The van der Waals surface area contributed by atoms with Gasteiger partial charge in [0.05, 0.1) is 12.5 Å². The second-order valence-corrected chi connectivity index (χ2v) is 8.43. The number of carboxylic acid groups (broad SMARTS) is 2. The maximum absolute atomic E-state index is 13.2. The highest BCUT2D eigenvalue weighted by atomic mass is 32.1. The number of phenols is 1. The minimum atomic E-state index is -1.70. The molecule has 0 fully saturated rings. The average Bonchev–Trinajstić information content (AvgIpc) is 2.82. The van der Waals surface area contributed by atoms with Crippen molar-refractivity contribution in [2.75, 3.05) is 12.3 Å². The first-order chi connectivity index (χ1) is 17.0. The summed E-state index contributed by atoms with van der Waals surface area (Å²) in [6.45, 7) is 0.320. The first-order valence-electron chi connectivity index (χ1n) is 11.2. The summed E-state index contributed by atoms with van der Waals surface area (Å²) in [7, 11) is 0. The van der Waals surface area contributed by atoms with E-state index in [1.54, 1.807) is 12.1 Å². The third kappa shape index (κ3) is 10.9. The van der Waals surface area contributed by atoms with Crippen LogP contribution in [0.25, 0.3) is 0 Å². The zero-order valence-electron chi connectivity index (χ0n) is 19.6. The van der Waals surface area contributed by atoms with Gasteiger partial charge in [0, 0.05) is 12.2 Å². The van der Waals surface area contributed by atoms with Crippen molar-refractivity contribution in [3.8, 4) is 5.75 Å². The van der Waals surface area contributed by atoms with E-state index in [-0.39, 0.29) is 24.3 Å². The van der Waals surface area contributed by atoms with E-state index in [1.807, 2.05) is 0 Å². The Morgan fingerprint density at radius 2 is 1.42 bits per heavy atom. The number of unbranched alkanes of at least 4 members (excludes halogenated alkanes) is 1. The minimum absolute atomic E-state index is 0.00636. The number of amides is 3. The molecular weight excluding hydrogens is 494 g/mol. The number of hydrogen-bond donors (Lipinski definition) is 9. The molecule has 1 aromatic rings. The number of hydrogen-bond acceptors (Lipinski definition) is 9. The molecule has 13 nitrogen and oxygen atoms in total. The van der Waals surface area contributed by atoms with E-state index in [2.05, 4.69) is 28.6 Å². The molecule has 4 unspecified atom stereocenters. The molecule has 4 atom stereocenters. The van der Waals surface area contributed by atoms with E-state index >= 15 is 0 Å². The van der Waals surface area contributed by atoms with E-state index < -0.39 is 60.2 Å². The molecule has 0 heterocycles. The van der Waals surface area contributed by atoms with Gasteiger partial charge in [0.25, 0.3) is 0 Å². The topological polar surface area (TPSA) is 234 Å². The van der Waals surface area contributed by atoms with Crippen molar-refractivity contribution in [2.45, 2.75) is 56.3 Å². The Kier molecular flexibility index (Phi) is 13.3. The molecule has 1 rings (SSSR count). The number of carboxylic acids is 2.